The van der Waals surface area contributed by atoms with Crippen molar-refractivity contribution in [1.82, 2.24) is 0 Å². The average Bonchev–Trinajstić information content (AvgIpc) is 2.78. The van der Waals surface area contributed by atoms with Crippen LogP contribution >= 0.6 is 0 Å². The lowest BCUT2D eigenvalue weighted by molar-refractivity contribution is -0.0426. The van der Waals surface area contributed by atoms with Gasteiger partial charge in [0.1, 0.15) is 0 Å². The van der Waals surface area contributed by atoms with Gasteiger partial charge in [-0.1, -0.05) is 37.3 Å². The molecule has 0 unspecified atom stereocenters. The van der Waals surface area contributed by atoms with E-state index in [1.807, 2.05) is 12.1 Å². The molecule has 3 rings (SSSR count). The molecule has 0 radical (unpaired) electrons. The van der Waals surface area contributed by atoms with Gasteiger partial charge in [0, 0.05) is 11.1 Å². The Balaban J connectivity index is 2.15. The fraction of sp³-hybridized carbons (Fsp3) is 0.130. The quantitative estimate of drug-likeness (QED) is 0.510. The van der Waals surface area contributed by atoms with E-state index in [1.54, 1.807) is 43.3 Å². The van der Waals surface area contributed by atoms with Gasteiger partial charge in [-0.25, -0.2) is 8.42 Å². The molecule has 0 atom stereocenters. The maximum Gasteiger partial charge on any atom is 0.262 e. The number of sulfonamides is 1. The fourth-order valence-corrected chi connectivity index (χ4v) is 4.60. The molecule has 0 spiro atoms. The van der Waals surface area contributed by atoms with Crippen LogP contribution in [0.4, 0.5) is 5.69 Å². The highest BCUT2D eigenvalue weighted by Gasteiger charge is 2.22. The molecule has 0 amide bonds. The molecule has 0 heterocycles. The first-order chi connectivity index (χ1) is 14.8. The van der Waals surface area contributed by atoms with Crippen LogP contribution in [0, 0.1) is 22.7 Å². The van der Waals surface area contributed by atoms with E-state index in [4.69, 9.17) is 0 Å². The molecule has 0 fully saturated rings. The van der Waals surface area contributed by atoms with Crippen molar-refractivity contribution < 1.29 is 18.6 Å². The summed E-state index contributed by atoms with van der Waals surface area (Å²) in [5, 5.41) is 37.4. The molecule has 156 valence electrons. The third-order valence-electron chi connectivity index (χ3n) is 4.76. The van der Waals surface area contributed by atoms with Gasteiger partial charge in [0.25, 0.3) is 10.0 Å². The summed E-state index contributed by atoms with van der Waals surface area (Å²) in [4.78, 5) is -0.0836. The molecule has 8 heteroatoms. The van der Waals surface area contributed by atoms with Crippen molar-refractivity contribution in [2.24, 2.45) is 0 Å². The molecule has 0 saturated carbocycles. The lowest BCUT2D eigenvalue weighted by atomic mass is 10.0. The summed E-state index contributed by atoms with van der Waals surface area (Å²) >= 11 is 0. The van der Waals surface area contributed by atoms with Crippen molar-refractivity contribution in [2.45, 2.75) is 24.5 Å². The first-order valence-electron chi connectivity index (χ1n) is 9.35. The zero-order valence-electron chi connectivity index (χ0n) is 16.6. The Morgan fingerprint density at radius 2 is 1.68 bits per heavy atom. The number of aliphatic hydroxyl groups is 2. The molecule has 0 saturated heterocycles. The third-order valence-corrected chi connectivity index (χ3v) is 6.20. The third kappa shape index (κ3) is 4.73. The molecule has 0 bridgehead atoms. The molecular weight excluding hydrogens is 414 g/mol. The molecule has 0 aliphatic heterocycles. The van der Waals surface area contributed by atoms with Crippen LogP contribution in [0.2, 0.25) is 0 Å². The summed E-state index contributed by atoms with van der Waals surface area (Å²) in [6, 6.07) is 19.5. The highest BCUT2D eigenvalue weighted by molar-refractivity contribution is 7.92. The van der Waals surface area contributed by atoms with Crippen LogP contribution in [0.15, 0.2) is 65.6 Å². The van der Waals surface area contributed by atoms with Gasteiger partial charge < -0.3 is 10.2 Å². The molecule has 3 aromatic rings. The van der Waals surface area contributed by atoms with E-state index in [0.717, 1.165) is 0 Å². The number of hydrogen-bond acceptors (Lipinski definition) is 6. The van der Waals surface area contributed by atoms with Crippen LogP contribution < -0.4 is 4.72 Å². The van der Waals surface area contributed by atoms with Gasteiger partial charge in [0.15, 0.2) is 6.29 Å². The van der Waals surface area contributed by atoms with Gasteiger partial charge in [-0.15, -0.1) is 0 Å². The van der Waals surface area contributed by atoms with Crippen LogP contribution in [-0.2, 0) is 16.4 Å². The van der Waals surface area contributed by atoms with E-state index in [0.29, 0.717) is 28.7 Å². The second-order valence-corrected chi connectivity index (χ2v) is 8.42. The number of aliphatic hydroxyl groups excluding tert-OH is 1. The van der Waals surface area contributed by atoms with Crippen LogP contribution in [-0.4, -0.2) is 18.6 Å². The van der Waals surface area contributed by atoms with Crippen LogP contribution in [0.5, 0.6) is 0 Å². The second-order valence-electron chi connectivity index (χ2n) is 6.76. The van der Waals surface area contributed by atoms with Gasteiger partial charge >= 0.3 is 0 Å². The van der Waals surface area contributed by atoms with Crippen molar-refractivity contribution in [2.75, 3.05) is 4.72 Å². The van der Waals surface area contributed by atoms with E-state index in [9.17, 15) is 29.2 Å². The average molecular weight is 433 g/mol. The molecule has 3 aromatic carbocycles. The minimum atomic E-state index is -4.13. The number of nitriles is 2. The Labute approximate surface area is 180 Å². The number of rotatable bonds is 6. The van der Waals surface area contributed by atoms with Crippen LogP contribution in [0.1, 0.15) is 35.5 Å². The maximum absolute atomic E-state index is 13.3. The molecule has 3 N–H and O–H groups in total. The molecule has 0 aliphatic carbocycles. The minimum Gasteiger partial charge on any atom is -0.364 e. The number of anilines is 1. The second kappa shape index (κ2) is 8.99. The topological polar surface area (TPSA) is 134 Å². The molecule has 7 nitrogen and oxygen atoms in total. The zero-order valence-corrected chi connectivity index (χ0v) is 17.4. The van der Waals surface area contributed by atoms with E-state index in [1.165, 1.54) is 24.3 Å². The van der Waals surface area contributed by atoms with Crippen molar-refractivity contribution in [3.8, 4) is 23.3 Å². The van der Waals surface area contributed by atoms with E-state index < -0.39 is 16.3 Å². The van der Waals surface area contributed by atoms with Crippen LogP contribution in [0.3, 0.4) is 0 Å². The van der Waals surface area contributed by atoms with Gasteiger partial charge in [-0.2, -0.15) is 10.5 Å². The smallest absolute Gasteiger partial charge is 0.262 e. The van der Waals surface area contributed by atoms with Gasteiger partial charge in [0.05, 0.1) is 33.8 Å². The molecular formula is C23H19N3O4S. The zero-order chi connectivity index (χ0) is 22.6. The van der Waals surface area contributed by atoms with E-state index in [2.05, 4.69) is 4.72 Å². The lowest BCUT2D eigenvalue weighted by Crippen LogP contribution is -2.16. The highest BCUT2D eigenvalue weighted by Crippen LogP contribution is 2.32. The molecule has 0 aromatic heterocycles. The van der Waals surface area contributed by atoms with Crippen molar-refractivity contribution in [3.05, 3.63) is 82.9 Å². The van der Waals surface area contributed by atoms with Crippen LogP contribution in [0.25, 0.3) is 11.1 Å². The first kappa shape index (κ1) is 22.0. The Morgan fingerprint density at radius 1 is 0.968 bits per heavy atom. The fourth-order valence-electron chi connectivity index (χ4n) is 3.18. The summed E-state index contributed by atoms with van der Waals surface area (Å²) in [6.07, 6.45) is -1.40. The minimum absolute atomic E-state index is 0.0466. The Kier molecular flexibility index (Phi) is 6.38. The maximum atomic E-state index is 13.3. The SMILES string of the molecule is CCc1ccc(C(O)O)cc1S(=O)(=O)Nc1cc(C#N)ccc1-c1cccc(C#N)c1. The molecule has 31 heavy (non-hydrogen) atoms. The predicted octanol–water partition coefficient (Wildman–Crippen LogP) is 3.44. The number of nitrogens with one attached hydrogen (secondary N) is 1. The number of aryl methyl sites for hydroxylation is 1. The number of hydrogen-bond donors (Lipinski definition) is 3. The standard InChI is InChI=1S/C23H19N3O4S/c1-2-17-7-8-19(23(27)28)12-22(17)31(29,30)26-21-11-16(14-25)6-9-20(21)18-5-3-4-15(10-18)13-24/h3-12,23,26-28H,2H2,1H3. The van der Waals surface area contributed by atoms with E-state index >= 15 is 0 Å². The van der Waals surface area contributed by atoms with Crippen molar-refractivity contribution >= 4 is 15.7 Å². The van der Waals surface area contributed by atoms with E-state index in [-0.39, 0.29) is 21.7 Å². The van der Waals surface area contributed by atoms with Gasteiger partial charge in [-0.3, -0.25) is 4.72 Å². The lowest BCUT2D eigenvalue weighted by Gasteiger charge is -2.16. The van der Waals surface area contributed by atoms with Gasteiger partial charge in [0.2, 0.25) is 0 Å². The monoisotopic (exact) mass is 433 g/mol. The number of nitrogens with zero attached hydrogens (tertiary/aromatic N) is 2. The van der Waals surface area contributed by atoms with Gasteiger partial charge in [-0.05, 0) is 47.9 Å². The summed E-state index contributed by atoms with van der Waals surface area (Å²) in [6.45, 7) is 1.79. The Bertz CT molecular complexity index is 1320. The Morgan fingerprint density at radius 3 is 2.32 bits per heavy atom. The normalized spacial score (nSPS) is 11.0. The Hall–Kier alpha value is -3.69. The number of benzene rings is 3. The summed E-state index contributed by atoms with van der Waals surface area (Å²) in [7, 11) is -4.13. The highest BCUT2D eigenvalue weighted by atomic mass is 32.2. The largest absolute Gasteiger partial charge is 0.364 e. The first-order valence-corrected chi connectivity index (χ1v) is 10.8. The summed E-state index contributed by atoms with van der Waals surface area (Å²) in [5.74, 6) is 0. The molecule has 0 aliphatic rings. The summed E-state index contributed by atoms with van der Waals surface area (Å²) in [5.41, 5.74) is 2.49. The summed E-state index contributed by atoms with van der Waals surface area (Å²) < 4.78 is 29.0. The predicted molar refractivity (Wildman–Crippen MR) is 115 cm³/mol. The van der Waals surface area contributed by atoms with Crippen molar-refractivity contribution in [3.63, 3.8) is 0 Å². The van der Waals surface area contributed by atoms with Crippen molar-refractivity contribution in [1.29, 1.82) is 10.5 Å².